The van der Waals surface area contributed by atoms with Crippen LogP contribution in [-0.4, -0.2) is 22.4 Å². The molecule has 128 valence electrons. The summed E-state index contributed by atoms with van der Waals surface area (Å²) in [6, 6.07) is 6.43. The van der Waals surface area contributed by atoms with Crippen molar-refractivity contribution in [2.75, 3.05) is 0 Å². The predicted molar refractivity (Wildman–Crippen MR) is 91.5 cm³/mol. The summed E-state index contributed by atoms with van der Waals surface area (Å²) in [6.07, 6.45) is 5.44. The summed E-state index contributed by atoms with van der Waals surface area (Å²) in [6.45, 7) is 6.12. The van der Waals surface area contributed by atoms with Gasteiger partial charge in [-0.3, -0.25) is 14.9 Å². The molecule has 5 nitrogen and oxygen atoms in total. The Morgan fingerprint density at radius 2 is 1.96 bits per heavy atom. The van der Waals surface area contributed by atoms with Crippen molar-refractivity contribution in [1.82, 2.24) is 0 Å². The number of fused-ring (bicyclic) bond motifs is 2. The van der Waals surface area contributed by atoms with Gasteiger partial charge >= 0.3 is 0 Å². The molecule has 24 heavy (non-hydrogen) atoms. The number of nitrogens with zero attached hydrogens (tertiary/aromatic N) is 1. The monoisotopic (exact) mass is 329 g/mol. The lowest BCUT2D eigenvalue weighted by Gasteiger charge is -2.50. The predicted octanol–water partition coefficient (Wildman–Crippen LogP) is 4.02. The van der Waals surface area contributed by atoms with Gasteiger partial charge in [-0.05, 0) is 49.8 Å². The summed E-state index contributed by atoms with van der Waals surface area (Å²) in [5, 5.41) is 10.7. The van der Waals surface area contributed by atoms with Gasteiger partial charge in [0.1, 0.15) is 5.78 Å². The Hall–Kier alpha value is -2.01. The maximum atomic E-state index is 12.3. The molecule has 1 aliphatic heterocycles. The van der Waals surface area contributed by atoms with Crippen molar-refractivity contribution in [3.05, 3.63) is 46.0 Å². The van der Waals surface area contributed by atoms with Crippen molar-refractivity contribution in [3.8, 4) is 0 Å². The van der Waals surface area contributed by atoms with E-state index in [-0.39, 0.29) is 35.1 Å². The van der Waals surface area contributed by atoms with Crippen LogP contribution in [0.3, 0.4) is 0 Å². The molecule has 2 aliphatic rings. The van der Waals surface area contributed by atoms with E-state index in [1.165, 1.54) is 12.1 Å². The maximum absolute atomic E-state index is 12.3. The molecular weight excluding hydrogens is 306 g/mol. The Morgan fingerprint density at radius 1 is 1.29 bits per heavy atom. The van der Waals surface area contributed by atoms with Crippen LogP contribution in [0, 0.1) is 27.9 Å². The summed E-state index contributed by atoms with van der Waals surface area (Å²) in [5.41, 5.74) is 0.659. The van der Waals surface area contributed by atoms with Crippen molar-refractivity contribution in [3.63, 3.8) is 0 Å². The highest BCUT2D eigenvalue weighted by molar-refractivity contribution is 5.82. The molecule has 1 saturated carbocycles. The molecule has 0 radical (unpaired) electrons. The normalized spacial score (nSPS) is 32.0. The van der Waals surface area contributed by atoms with Gasteiger partial charge in [0.25, 0.3) is 5.69 Å². The molecule has 2 fully saturated rings. The Labute approximate surface area is 141 Å². The third-order valence-electron chi connectivity index (χ3n) is 5.58. The SMILES string of the molecule is C[C@@H]1C(=O)C[C@H]2C[C@@H]1[C@H](/C=C/c1ccc([N+](=O)[O-])cc1)OC2(C)C. The Kier molecular flexibility index (Phi) is 4.30. The zero-order valence-corrected chi connectivity index (χ0v) is 14.3. The number of carbonyl (C=O) groups is 1. The van der Waals surface area contributed by atoms with E-state index in [9.17, 15) is 14.9 Å². The van der Waals surface area contributed by atoms with Crippen LogP contribution >= 0.6 is 0 Å². The van der Waals surface area contributed by atoms with E-state index < -0.39 is 4.92 Å². The average molecular weight is 329 g/mol. The maximum Gasteiger partial charge on any atom is 0.269 e. The van der Waals surface area contributed by atoms with Gasteiger partial charge in [-0.25, -0.2) is 0 Å². The second kappa shape index (κ2) is 6.13. The van der Waals surface area contributed by atoms with Gasteiger partial charge in [0, 0.05) is 24.5 Å². The molecule has 1 aromatic carbocycles. The molecule has 5 heteroatoms. The molecule has 0 amide bonds. The van der Waals surface area contributed by atoms with Crippen molar-refractivity contribution in [2.45, 2.75) is 45.3 Å². The van der Waals surface area contributed by atoms with E-state index in [1.54, 1.807) is 12.1 Å². The molecule has 0 unspecified atom stereocenters. The highest BCUT2D eigenvalue weighted by Crippen LogP contribution is 2.46. The van der Waals surface area contributed by atoms with Gasteiger partial charge in [-0.2, -0.15) is 0 Å². The fourth-order valence-corrected chi connectivity index (χ4v) is 3.86. The highest BCUT2D eigenvalue weighted by atomic mass is 16.6. The Bertz CT molecular complexity index is 677. The van der Waals surface area contributed by atoms with Gasteiger partial charge in [0.2, 0.25) is 0 Å². The molecule has 1 heterocycles. The number of benzene rings is 1. The lowest BCUT2D eigenvalue weighted by Crippen LogP contribution is -2.53. The van der Waals surface area contributed by atoms with Crippen LogP contribution in [0.2, 0.25) is 0 Å². The average Bonchev–Trinajstić information content (AvgIpc) is 2.53. The minimum absolute atomic E-state index is 0.0175. The molecule has 3 rings (SSSR count). The van der Waals surface area contributed by atoms with Gasteiger partial charge in [-0.15, -0.1) is 0 Å². The summed E-state index contributed by atoms with van der Waals surface area (Å²) in [5.74, 6) is 0.846. The largest absolute Gasteiger partial charge is 0.368 e. The molecule has 0 aromatic heterocycles. The number of non-ortho nitro benzene ring substituents is 1. The molecule has 1 saturated heterocycles. The summed E-state index contributed by atoms with van der Waals surface area (Å²) in [4.78, 5) is 22.6. The summed E-state index contributed by atoms with van der Waals surface area (Å²) < 4.78 is 6.30. The Balaban J connectivity index is 1.79. The third-order valence-corrected chi connectivity index (χ3v) is 5.58. The first-order valence-corrected chi connectivity index (χ1v) is 8.41. The number of Topliss-reactive ketones (excluding diaryl/α,β-unsaturated/α-hetero) is 1. The highest BCUT2D eigenvalue weighted by Gasteiger charge is 2.49. The molecule has 0 N–H and O–H groups in total. The number of carbonyl (C=O) groups excluding carboxylic acids is 1. The van der Waals surface area contributed by atoms with Crippen LogP contribution in [-0.2, 0) is 9.53 Å². The molecular formula is C19H23NO4. The van der Waals surface area contributed by atoms with Crippen LogP contribution in [0.15, 0.2) is 30.3 Å². The number of nitro benzene ring substituents is 1. The third kappa shape index (κ3) is 3.13. The van der Waals surface area contributed by atoms with E-state index in [0.717, 1.165) is 12.0 Å². The van der Waals surface area contributed by atoms with Crippen LogP contribution in [0.4, 0.5) is 5.69 Å². The first kappa shape index (κ1) is 16.8. The molecule has 1 aromatic rings. The fraction of sp³-hybridized carbons (Fsp3) is 0.526. The van der Waals surface area contributed by atoms with Crippen molar-refractivity contribution < 1.29 is 14.5 Å². The quantitative estimate of drug-likeness (QED) is 0.620. The lowest BCUT2D eigenvalue weighted by atomic mass is 9.65. The number of hydrogen-bond acceptors (Lipinski definition) is 4. The van der Waals surface area contributed by atoms with Gasteiger partial charge in [0.15, 0.2) is 0 Å². The number of hydrogen-bond donors (Lipinski definition) is 0. The second-order valence-electron chi connectivity index (χ2n) is 7.45. The van der Waals surface area contributed by atoms with E-state index in [2.05, 4.69) is 13.8 Å². The van der Waals surface area contributed by atoms with Crippen LogP contribution < -0.4 is 0 Å². The van der Waals surface area contributed by atoms with Gasteiger partial charge < -0.3 is 4.74 Å². The van der Waals surface area contributed by atoms with Crippen molar-refractivity contribution >= 4 is 17.5 Å². The molecule has 1 aliphatic carbocycles. The molecule has 4 atom stereocenters. The van der Waals surface area contributed by atoms with Crippen molar-refractivity contribution in [1.29, 1.82) is 0 Å². The standard InChI is InChI=1S/C19H23NO4/c1-12-16-10-14(11-17(12)21)19(2,3)24-18(16)9-6-13-4-7-15(8-5-13)20(22)23/h4-9,12,14,16,18H,10-11H2,1-3H3/b9-6+/t12-,14+,16-,18-/m0/s1. The van der Waals surface area contributed by atoms with E-state index >= 15 is 0 Å². The van der Waals surface area contributed by atoms with Gasteiger partial charge in [0.05, 0.1) is 16.6 Å². The number of nitro groups is 1. The minimum Gasteiger partial charge on any atom is -0.368 e. The Morgan fingerprint density at radius 3 is 2.58 bits per heavy atom. The summed E-state index contributed by atoms with van der Waals surface area (Å²) in [7, 11) is 0. The van der Waals surface area contributed by atoms with Crippen LogP contribution in [0.5, 0.6) is 0 Å². The zero-order valence-electron chi connectivity index (χ0n) is 14.3. The molecule has 0 spiro atoms. The van der Waals surface area contributed by atoms with E-state index in [0.29, 0.717) is 12.2 Å². The number of ether oxygens (including phenoxy) is 1. The minimum atomic E-state index is -0.407. The smallest absolute Gasteiger partial charge is 0.269 e. The van der Waals surface area contributed by atoms with Crippen molar-refractivity contribution in [2.24, 2.45) is 17.8 Å². The van der Waals surface area contributed by atoms with Crippen LogP contribution in [0.1, 0.15) is 39.2 Å². The van der Waals surface area contributed by atoms with Gasteiger partial charge in [-0.1, -0.05) is 19.1 Å². The lowest BCUT2D eigenvalue weighted by molar-refractivity contribution is -0.384. The van der Waals surface area contributed by atoms with E-state index in [4.69, 9.17) is 4.74 Å². The number of rotatable bonds is 3. The van der Waals surface area contributed by atoms with Crippen LogP contribution in [0.25, 0.3) is 6.08 Å². The summed E-state index contributed by atoms with van der Waals surface area (Å²) >= 11 is 0. The topological polar surface area (TPSA) is 69.4 Å². The van der Waals surface area contributed by atoms with E-state index in [1.807, 2.05) is 19.1 Å². The molecule has 2 bridgehead atoms. The number of ketones is 1. The first-order chi connectivity index (χ1) is 11.3. The first-order valence-electron chi connectivity index (χ1n) is 8.41. The second-order valence-corrected chi connectivity index (χ2v) is 7.45. The zero-order chi connectivity index (χ0) is 17.5. The fourth-order valence-electron chi connectivity index (χ4n) is 3.86.